The summed E-state index contributed by atoms with van der Waals surface area (Å²) < 4.78 is 0. The van der Waals surface area contributed by atoms with Gasteiger partial charge in [0.2, 0.25) is 0 Å². The molecule has 84 valence electrons. The highest BCUT2D eigenvalue weighted by atomic mass is 35.5. The zero-order chi connectivity index (χ0) is 11.1. The van der Waals surface area contributed by atoms with E-state index in [2.05, 4.69) is 5.32 Å². The van der Waals surface area contributed by atoms with Crippen molar-refractivity contribution in [2.45, 2.75) is 32.4 Å². The molecule has 0 saturated carbocycles. The summed E-state index contributed by atoms with van der Waals surface area (Å²) in [6, 6.07) is 7.84. The monoisotopic (exact) mass is 227 g/mol. The first-order valence-corrected chi connectivity index (χ1v) is 5.69. The zero-order valence-electron chi connectivity index (χ0n) is 9.04. The Morgan fingerprint density at radius 1 is 1.47 bits per heavy atom. The molecule has 2 N–H and O–H groups in total. The van der Waals surface area contributed by atoms with Gasteiger partial charge in [0.1, 0.15) is 0 Å². The Kier molecular flexibility index (Phi) is 5.69. The summed E-state index contributed by atoms with van der Waals surface area (Å²) in [6.45, 7) is 3.58. The number of halogens is 1. The molecule has 1 atom stereocenters. The van der Waals surface area contributed by atoms with Crippen molar-refractivity contribution in [3.8, 4) is 0 Å². The minimum Gasteiger partial charge on any atom is -0.393 e. The molecule has 0 fully saturated rings. The third kappa shape index (κ3) is 5.78. The summed E-state index contributed by atoms with van der Waals surface area (Å²) >= 11 is 5.87. The summed E-state index contributed by atoms with van der Waals surface area (Å²) in [4.78, 5) is 0. The van der Waals surface area contributed by atoms with E-state index in [0.29, 0.717) is 0 Å². The number of hydrogen-bond acceptors (Lipinski definition) is 2. The van der Waals surface area contributed by atoms with Crippen LogP contribution in [0.1, 0.15) is 25.3 Å². The maximum atomic E-state index is 9.06. The molecule has 0 heterocycles. The van der Waals surface area contributed by atoms with Crippen molar-refractivity contribution >= 4 is 11.6 Å². The number of rotatable bonds is 6. The van der Waals surface area contributed by atoms with E-state index in [0.717, 1.165) is 31.0 Å². The number of aliphatic hydroxyl groups is 1. The SMILES string of the molecule is CC(O)CCCNCc1cccc(Cl)c1. The van der Waals surface area contributed by atoms with Crippen molar-refractivity contribution in [3.63, 3.8) is 0 Å². The average Bonchev–Trinajstić information content (AvgIpc) is 2.17. The van der Waals surface area contributed by atoms with Gasteiger partial charge in [-0.05, 0) is 44.0 Å². The molecule has 2 nitrogen and oxygen atoms in total. The molecule has 0 spiro atoms. The highest BCUT2D eigenvalue weighted by Crippen LogP contribution is 2.10. The van der Waals surface area contributed by atoms with Crippen LogP contribution in [0.3, 0.4) is 0 Å². The van der Waals surface area contributed by atoms with Crippen LogP contribution in [-0.4, -0.2) is 17.8 Å². The molecule has 0 aromatic heterocycles. The van der Waals surface area contributed by atoms with E-state index < -0.39 is 0 Å². The molecule has 0 bridgehead atoms. The van der Waals surface area contributed by atoms with E-state index in [9.17, 15) is 0 Å². The fourth-order valence-electron chi connectivity index (χ4n) is 1.40. The highest BCUT2D eigenvalue weighted by molar-refractivity contribution is 6.30. The van der Waals surface area contributed by atoms with Crippen LogP contribution in [0.15, 0.2) is 24.3 Å². The molecular formula is C12H18ClNO. The summed E-state index contributed by atoms with van der Waals surface area (Å²) in [5, 5.41) is 13.2. The van der Waals surface area contributed by atoms with Gasteiger partial charge in [-0.2, -0.15) is 0 Å². The molecule has 3 heteroatoms. The fourth-order valence-corrected chi connectivity index (χ4v) is 1.62. The minimum absolute atomic E-state index is 0.196. The lowest BCUT2D eigenvalue weighted by atomic mass is 10.2. The molecule has 15 heavy (non-hydrogen) atoms. The number of hydrogen-bond donors (Lipinski definition) is 2. The van der Waals surface area contributed by atoms with Gasteiger partial charge in [0, 0.05) is 11.6 Å². The van der Waals surface area contributed by atoms with Gasteiger partial charge in [0.05, 0.1) is 6.10 Å². The third-order valence-corrected chi connectivity index (χ3v) is 2.43. The third-order valence-electron chi connectivity index (χ3n) is 2.19. The maximum absolute atomic E-state index is 9.06. The maximum Gasteiger partial charge on any atom is 0.0512 e. The summed E-state index contributed by atoms with van der Waals surface area (Å²) in [6.07, 6.45) is 1.65. The lowest BCUT2D eigenvalue weighted by Gasteiger charge is -2.06. The normalized spacial score (nSPS) is 12.7. The second kappa shape index (κ2) is 6.83. The topological polar surface area (TPSA) is 32.3 Å². The number of benzene rings is 1. The van der Waals surface area contributed by atoms with Crippen LogP contribution in [-0.2, 0) is 6.54 Å². The lowest BCUT2D eigenvalue weighted by molar-refractivity contribution is 0.181. The number of nitrogens with one attached hydrogen (secondary N) is 1. The average molecular weight is 228 g/mol. The Bertz CT molecular complexity index is 289. The Hall–Kier alpha value is -0.570. The van der Waals surface area contributed by atoms with Crippen molar-refractivity contribution in [3.05, 3.63) is 34.9 Å². The van der Waals surface area contributed by atoms with Gasteiger partial charge in [-0.1, -0.05) is 23.7 Å². The second-order valence-corrected chi connectivity index (χ2v) is 4.23. The fraction of sp³-hybridized carbons (Fsp3) is 0.500. The molecule has 0 saturated heterocycles. The van der Waals surface area contributed by atoms with Crippen LogP contribution in [0.4, 0.5) is 0 Å². The minimum atomic E-state index is -0.196. The predicted molar refractivity (Wildman–Crippen MR) is 64.1 cm³/mol. The van der Waals surface area contributed by atoms with E-state index in [-0.39, 0.29) is 6.10 Å². The zero-order valence-corrected chi connectivity index (χ0v) is 9.80. The van der Waals surface area contributed by atoms with Crippen LogP contribution >= 0.6 is 11.6 Å². The first-order valence-electron chi connectivity index (χ1n) is 5.31. The van der Waals surface area contributed by atoms with Gasteiger partial charge in [-0.25, -0.2) is 0 Å². The molecule has 0 aliphatic heterocycles. The van der Waals surface area contributed by atoms with Crippen LogP contribution in [0.25, 0.3) is 0 Å². The van der Waals surface area contributed by atoms with Crippen LogP contribution in [0, 0.1) is 0 Å². The summed E-state index contributed by atoms with van der Waals surface area (Å²) in [5.74, 6) is 0. The molecule has 0 radical (unpaired) electrons. The Morgan fingerprint density at radius 2 is 2.27 bits per heavy atom. The lowest BCUT2D eigenvalue weighted by Crippen LogP contribution is -2.16. The van der Waals surface area contributed by atoms with Gasteiger partial charge in [-0.3, -0.25) is 0 Å². The Balaban J connectivity index is 2.15. The van der Waals surface area contributed by atoms with Crippen LogP contribution in [0.2, 0.25) is 5.02 Å². The number of aliphatic hydroxyl groups excluding tert-OH is 1. The Morgan fingerprint density at radius 3 is 2.93 bits per heavy atom. The first kappa shape index (κ1) is 12.5. The van der Waals surface area contributed by atoms with Gasteiger partial charge in [0.15, 0.2) is 0 Å². The van der Waals surface area contributed by atoms with E-state index in [1.807, 2.05) is 31.2 Å². The second-order valence-electron chi connectivity index (χ2n) is 3.80. The van der Waals surface area contributed by atoms with Gasteiger partial charge in [0.25, 0.3) is 0 Å². The van der Waals surface area contributed by atoms with Gasteiger partial charge in [-0.15, -0.1) is 0 Å². The van der Waals surface area contributed by atoms with E-state index in [4.69, 9.17) is 16.7 Å². The molecule has 1 aromatic rings. The first-order chi connectivity index (χ1) is 7.18. The van der Waals surface area contributed by atoms with E-state index in [1.165, 1.54) is 5.56 Å². The standard InChI is InChI=1S/C12H18ClNO/c1-10(15)4-3-7-14-9-11-5-2-6-12(13)8-11/h2,5-6,8,10,14-15H,3-4,7,9H2,1H3. The van der Waals surface area contributed by atoms with Gasteiger partial charge < -0.3 is 10.4 Å². The van der Waals surface area contributed by atoms with Crippen molar-refractivity contribution in [1.82, 2.24) is 5.32 Å². The van der Waals surface area contributed by atoms with Crippen molar-refractivity contribution in [2.75, 3.05) is 6.54 Å². The van der Waals surface area contributed by atoms with Gasteiger partial charge >= 0.3 is 0 Å². The van der Waals surface area contributed by atoms with Crippen LogP contribution in [0.5, 0.6) is 0 Å². The summed E-state index contributed by atoms with van der Waals surface area (Å²) in [7, 11) is 0. The molecule has 0 amide bonds. The highest BCUT2D eigenvalue weighted by Gasteiger charge is 1.96. The molecule has 1 unspecified atom stereocenters. The molecule has 1 rings (SSSR count). The molecule has 0 aliphatic carbocycles. The molecule has 0 aliphatic rings. The quantitative estimate of drug-likeness (QED) is 0.733. The smallest absolute Gasteiger partial charge is 0.0512 e. The van der Waals surface area contributed by atoms with E-state index in [1.54, 1.807) is 0 Å². The van der Waals surface area contributed by atoms with Crippen molar-refractivity contribution in [1.29, 1.82) is 0 Å². The van der Waals surface area contributed by atoms with Crippen molar-refractivity contribution < 1.29 is 5.11 Å². The molecule has 1 aromatic carbocycles. The van der Waals surface area contributed by atoms with E-state index >= 15 is 0 Å². The molecular weight excluding hydrogens is 210 g/mol. The Labute approximate surface area is 96.3 Å². The largest absolute Gasteiger partial charge is 0.393 e. The summed E-state index contributed by atoms with van der Waals surface area (Å²) in [5.41, 5.74) is 1.19. The van der Waals surface area contributed by atoms with Crippen LogP contribution < -0.4 is 5.32 Å². The van der Waals surface area contributed by atoms with Crippen molar-refractivity contribution in [2.24, 2.45) is 0 Å². The predicted octanol–water partition coefficient (Wildman–Crippen LogP) is 2.59.